The van der Waals surface area contributed by atoms with Crippen molar-refractivity contribution in [1.29, 1.82) is 0 Å². The van der Waals surface area contributed by atoms with Crippen molar-refractivity contribution >= 4 is 23.0 Å². The molecule has 0 saturated carbocycles. The maximum Gasteiger partial charge on any atom is 0.460 e. The van der Waals surface area contributed by atoms with E-state index in [4.69, 9.17) is 50.2 Å². The number of nitrogens with zero attached hydrogens (tertiary/aromatic N) is 3. The van der Waals surface area contributed by atoms with Crippen LogP contribution in [-0.2, 0) is 15.9 Å². The van der Waals surface area contributed by atoms with Gasteiger partial charge < -0.3 is 36.6 Å². The Morgan fingerprint density at radius 3 is 1.13 bits per heavy atom. The third-order valence-corrected chi connectivity index (χ3v) is 16.0. The van der Waals surface area contributed by atoms with Gasteiger partial charge in [-0.3, -0.25) is 0 Å². The van der Waals surface area contributed by atoms with Gasteiger partial charge in [-0.2, -0.15) is 0 Å². The van der Waals surface area contributed by atoms with Gasteiger partial charge in [-0.15, -0.1) is 0 Å². The number of hydrogen-bond acceptors (Lipinski definition) is 11. The monoisotopic (exact) mass is 793 g/mol. The van der Waals surface area contributed by atoms with E-state index in [-0.39, 0.29) is 6.10 Å². The fraction of sp³-hybridized carbons (Fsp3) is 0.122. The SMILES string of the molecule is c1ccc(OP2(Oc3ccccc3)=NP(Oc3ccccc3)(Oc3ccccc3)=NP(Oc3ccccc3)(Oc3ccccc3CCOCC3CO3)=N2)cc1. The van der Waals surface area contributed by atoms with Gasteiger partial charge in [0.15, 0.2) is 0 Å². The Morgan fingerprint density at radius 2 is 0.764 bits per heavy atom. The van der Waals surface area contributed by atoms with Crippen molar-refractivity contribution in [2.24, 2.45) is 13.5 Å². The summed E-state index contributed by atoms with van der Waals surface area (Å²) in [5, 5.41) is 0. The van der Waals surface area contributed by atoms with E-state index >= 15 is 0 Å². The third kappa shape index (κ3) is 9.89. The Morgan fingerprint density at radius 1 is 0.436 bits per heavy atom. The highest BCUT2D eigenvalue weighted by molar-refractivity contribution is 7.79. The van der Waals surface area contributed by atoms with Crippen LogP contribution in [0.5, 0.6) is 34.5 Å². The molecule has 0 radical (unpaired) electrons. The highest BCUT2D eigenvalue weighted by atomic mass is 31.3. The highest BCUT2D eigenvalue weighted by Gasteiger charge is 2.49. The standard InChI is InChI=1S/C41H38N3O8P3/c1-6-19-35(20-7-1)47-53(48-36-21-8-2-9-22-36)42-54(49-37-23-10-3-11-24-37,50-38-25-12-4-13-26-38)44-55(43-53,51-39-27-14-5-15-28-39)52-41-29-17-16-18-34(41)30-31-45-32-40-33-46-40/h1-29,40H,30-33H2. The fourth-order valence-electron chi connectivity index (χ4n) is 5.34. The van der Waals surface area contributed by atoms with Crippen molar-refractivity contribution in [3.05, 3.63) is 181 Å². The average Bonchev–Trinajstić information content (AvgIpc) is 4.03. The molecule has 280 valence electrons. The first-order valence-electron chi connectivity index (χ1n) is 17.7. The third-order valence-electron chi connectivity index (χ3n) is 7.93. The van der Waals surface area contributed by atoms with Gasteiger partial charge in [-0.1, -0.05) is 123 Å². The van der Waals surface area contributed by atoms with Crippen LogP contribution in [0, 0.1) is 0 Å². The Hall–Kier alpha value is -5.27. The van der Waals surface area contributed by atoms with Crippen molar-refractivity contribution in [3.63, 3.8) is 0 Å². The average molecular weight is 794 g/mol. The predicted octanol–water partition coefficient (Wildman–Crippen LogP) is 12.3. The molecular formula is C41H38N3O8P3. The first kappa shape index (κ1) is 36.7. The molecule has 0 bridgehead atoms. The maximum atomic E-state index is 7.08. The summed E-state index contributed by atoms with van der Waals surface area (Å²) < 4.78 is 68.5. The molecule has 0 aromatic heterocycles. The minimum absolute atomic E-state index is 0.154. The number of epoxide rings is 1. The maximum absolute atomic E-state index is 7.08. The summed E-state index contributed by atoms with van der Waals surface area (Å²) in [7, 11) is -11.9. The highest BCUT2D eigenvalue weighted by Crippen LogP contribution is 2.78. The molecule has 55 heavy (non-hydrogen) atoms. The molecule has 0 spiro atoms. The van der Waals surface area contributed by atoms with Crippen molar-refractivity contribution in [3.8, 4) is 34.5 Å². The van der Waals surface area contributed by atoms with Crippen LogP contribution in [0.4, 0.5) is 0 Å². The molecule has 1 saturated heterocycles. The van der Waals surface area contributed by atoms with Crippen LogP contribution in [-0.4, -0.2) is 25.9 Å². The van der Waals surface area contributed by atoms with Gasteiger partial charge in [0.25, 0.3) is 0 Å². The molecule has 6 aromatic rings. The van der Waals surface area contributed by atoms with Crippen LogP contribution in [0.2, 0.25) is 0 Å². The molecule has 2 atom stereocenters. The molecular weight excluding hydrogens is 755 g/mol. The summed E-state index contributed by atoms with van der Waals surface area (Å²) >= 11 is 0. The van der Waals surface area contributed by atoms with E-state index in [2.05, 4.69) is 0 Å². The first-order chi connectivity index (χ1) is 27.1. The molecule has 0 amide bonds. The molecule has 11 nitrogen and oxygen atoms in total. The summed E-state index contributed by atoms with van der Waals surface area (Å²) in [6.07, 6.45) is 0.697. The zero-order valence-corrected chi connectivity index (χ0v) is 32.3. The lowest BCUT2D eigenvalue weighted by Crippen LogP contribution is -2.12. The summed E-state index contributed by atoms with van der Waals surface area (Å²) in [5.74, 6) is 2.75. The van der Waals surface area contributed by atoms with Crippen LogP contribution in [0.15, 0.2) is 189 Å². The van der Waals surface area contributed by atoms with Gasteiger partial charge in [0, 0.05) is 0 Å². The zero-order valence-electron chi connectivity index (χ0n) is 29.6. The van der Waals surface area contributed by atoms with Gasteiger partial charge in [0.05, 0.1) is 19.8 Å². The van der Waals surface area contributed by atoms with E-state index in [0.29, 0.717) is 54.1 Å². The number of para-hydroxylation sites is 6. The topological polar surface area (TPSA) is 114 Å². The molecule has 1 fully saturated rings. The second-order valence-electron chi connectivity index (χ2n) is 12.2. The van der Waals surface area contributed by atoms with Crippen molar-refractivity contribution in [2.75, 3.05) is 19.8 Å². The van der Waals surface area contributed by atoms with Crippen LogP contribution in [0.3, 0.4) is 0 Å². The van der Waals surface area contributed by atoms with Crippen molar-refractivity contribution in [2.45, 2.75) is 12.5 Å². The largest absolute Gasteiger partial charge is 0.460 e. The lowest BCUT2D eigenvalue weighted by molar-refractivity contribution is 0.119. The lowest BCUT2D eigenvalue weighted by Gasteiger charge is -2.33. The summed E-state index contributed by atoms with van der Waals surface area (Å²) in [6, 6.07) is 53.9. The van der Waals surface area contributed by atoms with Crippen LogP contribution in [0.25, 0.3) is 0 Å². The molecule has 6 aromatic carbocycles. The molecule has 2 unspecified atom stereocenters. The first-order valence-corrected chi connectivity index (χ1v) is 22.3. The van der Waals surface area contributed by atoms with E-state index in [0.717, 1.165) is 12.2 Å². The molecule has 0 aliphatic carbocycles. The molecule has 8 rings (SSSR count). The second kappa shape index (κ2) is 17.0. The van der Waals surface area contributed by atoms with Gasteiger partial charge in [0.2, 0.25) is 0 Å². The summed E-state index contributed by atoms with van der Waals surface area (Å²) in [6.45, 7) is 1.70. The lowest BCUT2D eigenvalue weighted by atomic mass is 10.1. The quantitative estimate of drug-likeness (QED) is 0.0509. The normalized spacial score (nSPS) is 18.9. The second-order valence-corrected chi connectivity index (χ2v) is 18.4. The Balaban J connectivity index is 1.37. The summed E-state index contributed by atoms with van der Waals surface area (Å²) in [5.41, 5.74) is 0.858. The van der Waals surface area contributed by atoms with Crippen LogP contribution >= 0.6 is 23.0 Å². The summed E-state index contributed by atoms with van der Waals surface area (Å²) in [4.78, 5) is 0. The Labute approximate surface area is 320 Å². The molecule has 2 aliphatic heterocycles. The molecule has 2 heterocycles. The number of benzene rings is 6. The minimum Gasteiger partial charge on any atom is -0.413 e. The Kier molecular flexibility index (Phi) is 11.4. The van der Waals surface area contributed by atoms with Crippen molar-refractivity contribution in [1.82, 2.24) is 0 Å². The fourth-order valence-corrected chi connectivity index (χ4v) is 14.4. The Bertz CT molecular complexity index is 2160. The van der Waals surface area contributed by atoms with E-state index in [9.17, 15) is 0 Å². The van der Waals surface area contributed by atoms with Gasteiger partial charge >= 0.3 is 23.0 Å². The molecule has 14 heteroatoms. The van der Waals surface area contributed by atoms with E-state index in [1.54, 1.807) is 0 Å². The van der Waals surface area contributed by atoms with E-state index in [1.165, 1.54) is 0 Å². The van der Waals surface area contributed by atoms with Crippen LogP contribution in [0.1, 0.15) is 5.56 Å². The van der Waals surface area contributed by atoms with Gasteiger partial charge in [-0.05, 0) is 78.7 Å². The van der Waals surface area contributed by atoms with Gasteiger partial charge in [-0.25, -0.2) is 0 Å². The smallest absolute Gasteiger partial charge is 0.413 e. The number of hydrogen-bond donors (Lipinski definition) is 0. The molecule has 2 aliphatic rings. The molecule has 0 N–H and O–H groups in total. The number of rotatable bonds is 17. The van der Waals surface area contributed by atoms with Crippen molar-refractivity contribution < 1.29 is 36.6 Å². The number of ether oxygens (including phenoxy) is 2. The zero-order chi connectivity index (χ0) is 37.2. The van der Waals surface area contributed by atoms with E-state index in [1.807, 2.05) is 176 Å². The minimum atomic E-state index is -4.00. The predicted molar refractivity (Wildman–Crippen MR) is 215 cm³/mol. The van der Waals surface area contributed by atoms with Crippen LogP contribution < -0.4 is 27.1 Å². The van der Waals surface area contributed by atoms with Gasteiger partial charge in [0.1, 0.15) is 40.6 Å². The van der Waals surface area contributed by atoms with E-state index < -0.39 is 23.0 Å².